The first kappa shape index (κ1) is 18.2. The van der Waals surface area contributed by atoms with E-state index in [1.54, 1.807) is 18.4 Å². The molecule has 1 aromatic carbocycles. The van der Waals surface area contributed by atoms with E-state index in [9.17, 15) is 4.79 Å². The van der Waals surface area contributed by atoms with Crippen LogP contribution < -0.4 is 15.6 Å². The van der Waals surface area contributed by atoms with Crippen molar-refractivity contribution >= 4 is 21.6 Å². The van der Waals surface area contributed by atoms with Gasteiger partial charge in [0.25, 0.3) is 5.56 Å². The number of methoxy groups -OCH3 is 1. The Kier molecular flexibility index (Phi) is 5.02. The molecular formula is C21H26N3O2S+. The van der Waals surface area contributed by atoms with Crippen molar-refractivity contribution in [2.75, 3.05) is 7.11 Å². The summed E-state index contributed by atoms with van der Waals surface area (Å²) >= 11 is 1.71. The molecule has 0 saturated heterocycles. The predicted octanol–water partition coefficient (Wildman–Crippen LogP) is 2.94. The molecule has 142 valence electrons. The lowest BCUT2D eigenvalue weighted by atomic mass is 9.89. The topological polar surface area (TPSA) is 71.6 Å². The number of nitrogens with zero attached hydrogens (tertiary/aromatic N) is 1. The largest absolute Gasteiger partial charge is 0.497 e. The highest BCUT2D eigenvalue weighted by Crippen LogP contribution is 2.35. The minimum Gasteiger partial charge on any atom is -0.497 e. The van der Waals surface area contributed by atoms with Gasteiger partial charge in [-0.25, -0.2) is 4.98 Å². The molecule has 0 aliphatic heterocycles. The smallest absolute Gasteiger partial charge is 0.260 e. The van der Waals surface area contributed by atoms with E-state index in [0.29, 0.717) is 5.92 Å². The van der Waals surface area contributed by atoms with Gasteiger partial charge in [0.05, 0.1) is 12.5 Å². The fourth-order valence-corrected chi connectivity index (χ4v) is 5.16. The minimum absolute atomic E-state index is 0.0201. The highest BCUT2D eigenvalue weighted by atomic mass is 32.1. The summed E-state index contributed by atoms with van der Waals surface area (Å²) in [6.07, 6.45) is 3.23. The van der Waals surface area contributed by atoms with Crippen LogP contribution >= 0.6 is 11.3 Å². The lowest BCUT2D eigenvalue weighted by Gasteiger charge is -2.17. The van der Waals surface area contributed by atoms with Gasteiger partial charge in [0.1, 0.15) is 23.2 Å². The fraction of sp³-hybridized carbons (Fsp3) is 0.429. The molecule has 0 bridgehead atoms. The van der Waals surface area contributed by atoms with E-state index in [2.05, 4.69) is 36.3 Å². The number of benzene rings is 1. The van der Waals surface area contributed by atoms with Crippen LogP contribution in [0.5, 0.6) is 5.75 Å². The molecule has 0 amide bonds. The molecule has 6 heteroatoms. The molecule has 2 atom stereocenters. The maximum absolute atomic E-state index is 12.7. The van der Waals surface area contributed by atoms with Crippen LogP contribution in [-0.2, 0) is 19.4 Å². The summed E-state index contributed by atoms with van der Waals surface area (Å²) in [5.74, 6) is 2.31. The molecule has 2 aromatic heterocycles. The van der Waals surface area contributed by atoms with E-state index in [-0.39, 0.29) is 11.6 Å². The van der Waals surface area contributed by atoms with Crippen LogP contribution in [-0.4, -0.2) is 17.1 Å². The SMILES string of the molecule is COc1ccc(C[NH2+][C@@H](C)c2nc3sc4c(c3c(=O)[nH]2)CC[C@H](C)C4)cc1. The van der Waals surface area contributed by atoms with Crippen LogP contribution in [0, 0.1) is 5.92 Å². The number of thiophene rings is 1. The lowest BCUT2D eigenvalue weighted by molar-refractivity contribution is -0.709. The Hall–Kier alpha value is -2.18. The van der Waals surface area contributed by atoms with Gasteiger partial charge in [-0.1, -0.05) is 6.92 Å². The van der Waals surface area contributed by atoms with Crippen molar-refractivity contribution in [2.24, 2.45) is 5.92 Å². The molecule has 27 heavy (non-hydrogen) atoms. The van der Waals surface area contributed by atoms with E-state index < -0.39 is 0 Å². The molecule has 0 fully saturated rings. The van der Waals surface area contributed by atoms with E-state index in [1.807, 2.05) is 12.1 Å². The number of nitrogens with one attached hydrogen (secondary N) is 1. The summed E-state index contributed by atoms with van der Waals surface area (Å²) in [6, 6.07) is 8.16. The van der Waals surface area contributed by atoms with Gasteiger partial charge in [0.15, 0.2) is 5.82 Å². The van der Waals surface area contributed by atoms with E-state index in [1.165, 1.54) is 16.0 Å². The normalized spacial score (nSPS) is 17.7. The second kappa shape index (κ2) is 7.44. The first-order valence-corrected chi connectivity index (χ1v) is 10.4. The number of aromatic nitrogens is 2. The standard InChI is InChI=1S/C21H25N3O2S/c1-12-4-9-16-17(10-12)27-21-18(16)20(25)23-19(24-21)13(2)22-11-14-5-7-15(26-3)8-6-14/h5-8,12-13,22H,4,9-11H2,1-3H3,(H,23,24,25)/p+1/t12-,13-/m0/s1. The van der Waals surface area contributed by atoms with Gasteiger partial charge >= 0.3 is 0 Å². The van der Waals surface area contributed by atoms with Crippen molar-refractivity contribution in [1.29, 1.82) is 0 Å². The maximum atomic E-state index is 12.7. The highest BCUT2D eigenvalue weighted by Gasteiger charge is 2.24. The van der Waals surface area contributed by atoms with Gasteiger partial charge in [0.2, 0.25) is 0 Å². The second-order valence-corrected chi connectivity index (χ2v) is 8.64. The first-order valence-electron chi connectivity index (χ1n) is 9.56. The van der Waals surface area contributed by atoms with Crippen molar-refractivity contribution in [2.45, 2.75) is 45.7 Å². The van der Waals surface area contributed by atoms with Crippen molar-refractivity contribution in [3.8, 4) is 5.75 Å². The van der Waals surface area contributed by atoms with Crippen LogP contribution in [0.1, 0.15) is 48.1 Å². The number of rotatable bonds is 5. The molecule has 0 radical (unpaired) electrons. The average molecular weight is 385 g/mol. The van der Waals surface area contributed by atoms with Gasteiger partial charge in [-0.05, 0) is 61.9 Å². The highest BCUT2D eigenvalue weighted by molar-refractivity contribution is 7.18. The number of H-pyrrole nitrogens is 1. The zero-order valence-electron chi connectivity index (χ0n) is 16.0. The third kappa shape index (κ3) is 3.64. The Bertz CT molecular complexity index is 1010. The summed E-state index contributed by atoms with van der Waals surface area (Å²) in [6.45, 7) is 5.20. The zero-order chi connectivity index (χ0) is 19.0. The molecule has 1 aliphatic rings. The minimum atomic E-state index is 0.0201. The van der Waals surface area contributed by atoms with Crippen LogP contribution in [0.2, 0.25) is 0 Å². The third-order valence-corrected chi connectivity index (χ3v) is 6.63. The average Bonchev–Trinajstić information content (AvgIpc) is 3.04. The van der Waals surface area contributed by atoms with Gasteiger partial charge < -0.3 is 15.0 Å². The van der Waals surface area contributed by atoms with E-state index >= 15 is 0 Å². The van der Waals surface area contributed by atoms with Crippen molar-refractivity contribution in [1.82, 2.24) is 9.97 Å². The zero-order valence-corrected chi connectivity index (χ0v) is 16.9. The molecule has 0 unspecified atom stereocenters. The number of aromatic amines is 1. The molecule has 0 spiro atoms. The van der Waals surface area contributed by atoms with Gasteiger partial charge in [-0.2, -0.15) is 0 Å². The van der Waals surface area contributed by atoms with Gasteiger partial charge in [0, 0.05) is 10.4 Å². The van der Waals surface area contributed by atoms with Crippen molar-refractivity contribution in [3.63, 3.8) is 0 Å². The van der Waals surface area contributed by atoms with Crippen molar-refractivity contribution < 1.29 is 10.1 Å². The Labute approximate surface area is 162 Å². The summed E-state index contributed by atoms with van der Waals surface area (Å²) in [4.78, 5) is 22.9. The Morgan fingerprint density at radius 1 is 1.37 bits per heavy atom. The van der Waals surface area contributed by atoms with Crippen LogP contribution in [0.15, 0.2) is 29.1 Å². The molecule has 2 heterocycles. The first-order chi connectivity index (χ1) is 13.0. The molecule has 4 rings (SSSR count). The Balaban J connectivity index is 1.55. The molecule has 3 N–H and O–H groups in total. The van der Waals surface area contributed by atoms with Crippen LogP contribution in [0.4, 0.5) is 0 Å². The molecule has 5 nitrogen and oxygen atoms in total. The van der Waals surface area contributed by atoms with Crippen molar-refractivity contribution in [3.05, 3.63) is 56.4 Å². The number of fused-ring (bicyclic) bond motifs is 3. The Morgan fingerprint density at radius 3 is 2.89 bits per heavy atom. The quantitative estimate of drug-likeness (QED) is 0.710. The Morgan fingerprint density at radius 2 is 2.15 bits per heavy atom. The van der Waals surface area contributed by atoms with Crippen LogP contribution in [0.25, 0.3) is 10.2 Å². The van der Waals surface area contributed by atoms with Gasteiger partial charge in [-0.3, -0.25) is 4.79 Å². The predicted molar refractivity (Wildman–Crippen MR) is 108 cm³/mol. The monoisotopic (exact) mass is 384 g/mol. The number of quaternary nitrogens is 1. The number of ether oxygens (including phenoxy) is 1. The lowest BCUT2D eigenvalue weighted by Crippen LogP contribution is -2.83. The molecule has 0 saturated carbocycles. The third-order valence-electron chi connectivity index (χ3n) is 5.48. The van der Waals surface area contributed by atoms with E-state index in [0.717, 1.165) is 47.6 Å². The van der Waals surface area contributed by atoms with Crippen LogP contribution in [0.3, 0.4) is 0 Å². The number of hydrogen-bond donors (Lipinski definition) is 2. The maximum Gasteiger partial charge on any atom is 0.260 e. The summed E-state index contributed by atoms with van der Waals surface area (Å²) in [7, 11) is 1.67. The molecule has 1 aliphatic carbocycles. The van der Waals surface area contributed by atoms with E-state index in [4.69, 9.17) is 9.72 Å². The van der Waals surface area contributed by atoms with Gasteiger partial charge in [-0.15, -0.1) is 11.3 Å². The molecule has 3 aromatic rings. The number of nitrogens with two attached hydrogens (primary N) is 1. The molecular weight excluding hydrogens is 358 g/mol. The number of hydrogen-bond acceptors (Lipinski definition) is 4. The summed E-state index contributed by atoms with van der Waals surface area (Å²) in [5, 5.41) is 3.02. The summed E-state index contributed by atoms with van der Waals surface area (Å²) < 4.78 is 5.20. The fourth-order valence-electron chi connectivity index (χ4n) is 3.77. The summed E-state index contributed by atoms with van der Waals surface area (Å²) in [5.41, 5.74) is 2.47. The number of aryl methyl sites for hydroxylation is 1. The second-order valence-electron chi connectivity index (χ2n) is 7.56.